The first kappa shape index (κ1) is 12.0. The van der Waals surface area contributed by atoms with E-state index in [1.54, 1.807) is 0 Å². The summed E-state index contributed by atoms with van der Waals surface area (Å²) in [5.41, 5.74) is 0.998. The zero-order chi connectivity index (χ0) is 10.6. The summed E-state index contributed by atoms with van der Waals surface area (Å²) in [5.74, 6) is 0.833. The minimum Gasteiger partial charge on any atom is -0.465 e. The lowest BCUT2D eigenvalue weighted by Gasteiger charge is -2.38. The van der Waals surface area contributed by atoms with Gasteiger partial charge in [0.1, 0.15) is 0 Å². The third-order valence-electron chi connectivity index (χ3n) is 1.68. The number of likely N-dealkylation sites (tertiary alicyclic amines) is 1. The predicted molar refractivity (Wildman–Crippen MR) is 53.8 cm³/mol. The molecule has 1 aliphatic heterocycles. The SMILES string of the molecule is C=C1CN(C(=O)O)C1C.CC(C)C. The zero-order valence-corrected chi connectivity index (χ0v) is 8.87. The molecule has 1 fully saturated rings. The van der Waals surface area contributed by atoms with E-state index in [0.717, 1.165) is 11.5 Å². The van der Waals surface area contributed by atoms with Crippen LogP contribution < -0.4 is 0 Å². The summed E-state index contributed by atoms with van der Waals surface area (Å²) in [4.78, 5) is 11.6. The lowest BCUT2D eigenvalue weighted by molar-refractivity contribution is 0.116. The smallest absolute Gasteiger partial charge is 0.408 e. The highest BCUT2D eigenvalue weighted by Crippen LogP contribution is 2.20. The molecule has 1 rings (SSSR count). The fraction of sp³-hybridized carbons (Fsp3) is 0.700. The Morgan fingerprint density at radius 3 is 2.08 bits per heavy atom. The molecule has 1 aliphatic rings. The average Bonchev–Trinajstić information content (AvgIpc) is 1.97. The molecule has 1 unspecified atom stereocenters. The second kappa shape index (κ2) is 4.90. The molecule has 0 saturated carbocycles. The van der Waals surface area contributed by atoms with Gasteiger partial charge in [0, 0.05) is 6.54 Å². The molecule has 0 aromatic heterocycles. The van der Waals surface area contributed by atoms with Gasteiger partial charge in [0.2, 0.25) is 0 Å². The Morgan fingerprint density at radius 1 is 1.62 bits per heavy atom. The van der Waals surface area contributed by atoms with Crippen LogP contribution in [0.15, 0.2) is 12.2 Å². The Balaban J connectivity index is 0.000000310. The van der Waals surface area contributed by atoms with Crippen molar-refractivity contribution >= 4 is 6.09 Å². The number of nitrogens with zero attached hydrogens (tertiary/aromatic N) is 1. The van der Waals surface area contributed by atoms with Gasteiger partial charge < -0.3 is 5.11 Å². The van der Waals surface area contributed by atoms with Crippen molar-refractivity contribution in [3.63, 3.8) is 0 Å². The number of amides is 1. The largest absolute Gasteiger partial charge is 0.465 e. The summed E-state index contributed by atoms with van der Waals surface area (Å²) in [6, 6.07) is 0.0301. The van der Waals surface area contributed by atoms with Crippen LogP contribution in [0.4, 0.5) is 4.79 Å². The van der Waals surface area contributed by atoms with Gasteiger partial charge in [-0.05, 0) is 18.4 Å². The number of carbonyl (C=O) groups is 1. The Labute approximate surface area is 80.0 Å². The Kier molecular flexibility index (Phi) is 4.52. The van der Waals surface area contributed by atoms with E-state index in [2.05, 4.69) is 27.4 Å². The van der Waals surface area contributed by atoms with E-state index >= 15 is 0 Å². The summed E-state index contributed by atoms with van der Waals surface area (Å²) < 4.78 is 0. The molecule has 1 saturated heterocycles. The molecule has 3 nitrogen and oxygen atoms in total. The molecule has 0 aliphatic carbocycles. The molecule has 0 radical (unpaired) electrons. The molecule has 1 N–H and O–H groups in total. The summed E-state index contributed by atoms with van der Waals surface area (Å²) in [5, 5.41) is 8.41. The van der Waals surface area contributed by atoms with Gasteiger partial charge in [-0.2, -0.15) is 0 Å². The third kappa shape index (κ3) is 3.97. The first-order valence-corrected chi connectivity index (χ1v) is 4.53. The van der Waals surface area contributed by atoms with Gasteiger partial charge in [-0.15, -0.1) is 0 Å². The standard InChI is InChI=1S/C6H9NO2.C4H10/c1-4-3-7(5(4)2)6(8)9;1-4(2)3/h5H,1,3H2,2H3,(H,8,9);4H,1-3H3. The van der Waals surface area contributed by atoms with Gasteiger partial charge in [0.05, 0.1) is 6.04 Å². The molecular formula is C10H19NO2. The van der Waals surface area contributed by atoms with E-state index in [1.807, 2.05) is 6.92 Å². The van der Waals surface area contributed by atoms with Crippen LogP contribution in [-0.4, -0.2) is 28.7 Å². The molecule has 1 heterocycles. The van der Waals surface area contributed by atoms with Crippen molar-refractivity contribution in [3.8, 4) is 0 Å². The molecule has 0 bridgehead atoms. The van der Waals surface area contributed by atoms with E-state index < -0.39 is 6.09 Å². The number of hydrogen-bond acceptors (Lipinski definition) is 1. The number of carboxylic acid groups (broad SMARTS) is 1. The lowest BCUT2D eigenvalue weighted by Crippen LogP contribution is -2.50. The van der Waals surface area contributed by atoms with Crippen molar-refractivity contribution in [1.29, 1.82) is 0 Å². The van der Waals surface area contributed by atoms with Crippen LogP contribution >= 0.6 is 0 Å². The second-order valence-corrected chi connectivity index (χ2v) is 3.98. The van der Waals surface area contributed by atoms with E-state index in [-0.39, 0.29) is 6.04 Å². The van der Waals surface area contributed by atoms with Crippen molar-refractivity contribution in [2.75, 3.05) is 6.54 Å². The monoisotopic (exact) mass is 185 g/mol. The van der Waals surface area contributed by atoms with Crippen LogP contribution in [0.25, 0.3) is 0 Å². The molecular weight excluding hydrogens is 166 g/mol. The van der Waals surface area contributed by atoms with Crippen LogP contribution in [0.3, 0.4) is 0 Å². The first-order valence-electron chi connectivity index (χ1n) is 4.53. The highest BCUT2D eigenvalue weighted by atomic mass is 16.4. The maximum Gasteiger partial charge on any atom is 0.408 e. The van der Waals surface area contributed by atoms with Crippen molar-refractivity contribution < 1.29 is 9.90 Å². The quantitative estimate of drug-likeness (QED) is 0.589. The molecule has 13 heavy (non-hydrogen) atoms. The Hall–Kier alpha value is -0.990. The Morgan fingerprint density at radius 2 is 2.00 bits per heavy atom. The van der Waals surface area contributed by atoms with Crippen LogP contribution in [0.5, 0.6) is 0 Å². The Bertz CT molecular complexity index is 196. The van der Waals surface area contributed by atoms with Crippen molar-refractivity contribution in [1.82, 2.24) is 4.90 Å². The molecule has 0 spiro atoms. The van der Waals surface area contributed by atoms with Crippen LogP contribution in [-0.2, 0) is 0 Å². The van der Waals surface area contributed by atoms with Gasteiger partial charge >= 0.3 is 6.09 Å². The second-order valence-electron chi connectivity index (χ2n) is 3.98. The van der Waals surface area contributed by atoms with Crippen LogP contribution in [0.1, 0.15) is 27.7 Å². The highest BCUT2D eigenvalue weighted by molar-refractivity contribution is 5.68. The maximum atomic E-state index is 10.2. The lowest BCUT2D eigenvalue weighted by atomic mass is 10.0. The van der Waals surface area contributed by atoms with E-state index in [9.17, 15) is 4.79 Å². The molecule has 76 valence electrons. The first-order chi connectivity index (χ1) is 5.86. The maximum absolute atomic E-state index is 10.2. The van der Waals surface area contributed by atoms with Gasteiger partial charge in [-0.3, -0.25) is 4.90 Å². The van der Waals surface area contributed by atoms with Crippen molar-refractivity contribution in [3.05, 3.63) is 12.2 Å². The van der Waals surface area contributed by atoms with Crippen LogP contribution in [0, 0.1) is 5.92 Å². The topological polar surface area (TPSA) is 40.5 Å². The van der Waals surface area contributed by atoms with E-state index in [4.69, 9.17) is 5.11 Å². The number of hydrogen-bond donors (Lipinski definition) is 1. The summed E-state index contributed by atoms with van der Waals surface area (Å²) >= 11 is 0. The fourth-order valence-electron chi connectivity index (χ4n) is 0.829. The summed E-state index contributed by atoms with van der Waals surface area (Å²) in [6.07, 6.45) is -0.852. The molecule has 0 aromatic carbocycles. The van der Waals surface area contributed by atoms with Gasteiger partial charge in [0.25, 0.3) is 0 Å². The van der Waals surface area contributed by atoms with Crippen molar-refractivity contribution in [2.45, 2.75) is 33.7 Å². The number of rotatable bonds is 0. The predicted octanol–water partition coefficient (Wildman–Crippen LogP) is 2.59. The zero-order valence-electron chi connectivity index (χ0n) is 8.87. The van der Waals surface area contributed by atoms with Gasteiger partial charge in [-0.1, -0.05) is 27.4 Å². The highest BCUT2D eigenvalue weighted by Gasteiger charge is 2.31. The average molecular weight is 185 g/mol. The van der Waals surface area contributed by atoms with Crippen LogP contribution in [0.2, 0.25) is 0 Å². The van der Waals surface area contributed by atoms with Gasteiger partial charge in [-0.25, -0.2) is 4.79 Å². The van der Waals surface area contributed by atoms with Gasteiger partial charge in [0.15, 0.2) is 0 Å². The molecule has 0 aromatic rings. The molecule has 3 heteroatoms. The summed E-state index contributed by atoms with van der Waals surface area (Å²) in [6.45, 7) is 12.5. The summed E-state index contributed by atoms with van der Waals surface area (Å²) in [7, 11) is 0. The minimum atomic E-state index is -0.852. The third-order valence-corrected chi connectivity index (χ3v) is 1.68. The van der Waals surface area contributed by atoms with E-state index in [0.29, 0.717) is 6.54 Å². The fourth-order valence-corrected chi connectivity index (χ4v) is 0.829. The molecule has 1 atom stereocenters. The minimum absolute atomic E-state index is 0.0301. The normalized spacial score (nSPS) is 20.5. The molecule has 1 amide bonds. The van der Waals surface area contributed by atoms with E-state index in [1.165, 1.54) is 4.90 Å². The van der Waals surface area contributed by atoms with Crippen molar-refractivity contribution in [2.24, 2.45) is 5.92 Å².